The number of anilines is 2. The van der Waals surface area contributed by atoms with Gasteiger partial charge < -0.3 is 10.2 Å². The predicted molar refractivity (Wildman–Crippen MR) is 110 cm³/mol. The molecule has 2 unspecified atom stereocenters. The number of nitrogens with zero attached hydrogens (tertiary/aromatic N) is 2. The largest absolute Gasteiger partial charge is 0.359 e. The van der Waals surface area contributed by atoms with Gasteiger partial charge in [0.05, 0.1) is 12.1 Å². The van der Waals surface area contributed by atoms with E-state index in [9.17, 15) is 10.1 Å². The lowest BCUT2D eigenvalue weighted by atomic mass is 9.86. The van der Waals surface area contributed by atoms with Gasteiger partial charge in [0, 0.05) is 16.6 Å². The SMILES string of the molecule is CCC1CCc2c(sc(NC(=O)CN3c4ccccc4CC3C)c2C#N)C1. The van der Waals surface area contributed by atoms with Crippen molar-refractivity contribution in [3.8, 4) is 6.07 Å². The lowest BCUT2D eigenvalue weighted by Crippen LogP contribution is -2.37. The second-order valence-corrected chi connectivity index (χ2v) is 8.80. The van der Waals surface area contributed by atoms with Crippen LogP contribution in [0.1, 0.15) is 48.3 Å². The summed E-state index contributed by atoms with van der Waals surface area (Å²) in [5.74, 6) is 0.661. The summed E-state index contributed by atoms with van der Waals surface area (Å²) in [6.45, 7) is 4.71. The highest BCUT2D eigenvalue weighted by molar-refractivity contribution is 7.16. The van der Waals surface area contributed by atoms with Crippen molar-refractivity contribution in [2.24, 2.45) is 5.92 Å². The molecule has 2 aliphatic rings. The van der Waals surface area contributed by atoms with Gasteiger partial charge in [0.2, 0.25) is 5.91 Å². The van der Waals surface area contributed by atoms with Gasteiger partial charge in [-0.25, -0.2) is 0 Å². The van der Waals surface area contributed by atoms with Crippen LogP contribution in [0.5, 0.6) is 0 Å². The van der Waals surface area contributed by atoms with E-state index in [4.69, 9.17) is 0 Å². The Morgan fingerprint density at radius 2 is 2.19 bits per heavy atom. The number of fused-ring (bicyclic) bond motifs is 2. The fourth-order valence-corrected chi connectivity index (χ4v) is 5.73. The minimum atomic E-state index is -0.0410. The van der Waals surface area contributed by atoms with Gasteiger partial charge in [0.25, 0.3) is 0 Å². The molecule has 4 rings (SSSR count). The zero-order chi connectivity index (χ0) is 19.0. The summed E-state index contributed by atoms with van der Waals surface area (Å²) in [5.41, 5.74) is 4.31. The molecular weight excluding hydrogens is 354 g/mol. The van der Waals surface area contributed by atoms with Gasteiger partial charge >= 0.3 is 0 Å². The summed E-state index contributed by atoms with van der Waals surface area (Å²) in [7, 11) is 0. The summed E-state index contributed by atoms with van der Waals surface area (Å²) in [6.07, 6.45) is 5.29. The van der Waals surface area contributed by atoms with E-state index < -0.39 is 0 Å². The van der Waals surface area contributed by atoms with Gasteiger partial charge in [0.1, 0.15) is 11.1 Å². The molecule has 1 amide bonds. The third kappa shape index (κ3) is 3.35. The van der Waals surface area contributed by atoms with E-state index >= 15 is 0 Å². The molecule has 0 radical (unpaired) electrons. The number of nitrogens with one attached hydrogen (secondary N) is 1. The van der Waals surface area contributed by atoms with Gasteiger partial charge in [0.15, 0.2) is 0 Å². The Hall–Kier alpha value is -2.32. The van der Waals surface area contributed by atoms with Crippen LogP contribution in [0.4, 0.5) is 10.7 Å². The lowest BCUT2D eigenvalue weighted by Gasteiger charge is -2.24. The van der Waals surface area contributed by atoms with Crippen molar-refractivity contribution in [2.75, 3.05) is 16.8 Å². The standard InChI is InChI=1S/C22H25N3OS/c1-3-15-8-9-17-18(12-23)22(27-20(17)11-15)24-21(26)13-25-14(2)10-16-6-4-5-7-19(16)25/h4-7,14-15H,3,8-11,13H2,1-2H3,(H,24,26). The number of amides is 1. The van der Waals surface area contributed by atoms with Gasteiger partial charge in [-0.2, -0.15) is 5.26 Å². The first-order valence-electron chi connectivity index (χ1n) is 9.79. The molecule has 0 spiro atoms. The van der Waals surface area contributed by atoms with E-state index in [1.807, 2.05) is 12.1 Å². The Balaban J connectivity index is 1.51. The predicted octanol–water partition coefficient (Wildman–Crippen LogP) is 4.52. The first kappa shape index (κ1) is 18.1. The highest BCUT2D eigenvalue weighted by Crippen LogP contribution is 2.40. The molecule has 4 nitrogen and oxygen atoms in total. The van der Waals surface area contributed by atoms with Crippen molar-refractivity contribution >= 4 is 27.9 Å². The number of thiophene rings is 1. The van der Waals surface area contributed by atoms with Crippen LogP contribution >= 0.6 is 11.3 Å². The van der Waals surface area contributed by atoms with Crippen LogP contribution in [0.25, 0.3) is 0 Å². The van der Waals surface area contributed by atoms with Crippen molar-refractivity contribution in [3.05, 3.63) is 45.8 Å². The Kier molecular flexibility index (Phi) is 4.92. The van der Waals surface area contributed by atoms with E-state index in [1.165, 1.54) is 22.4 Å². The summed E-state index contributed by atoms with van der Waals surface area (Å²) in [6, 6.07) is 10.9. The van der Waals surface area contributed by atoms with E-state index in [1.54, 1.807) is 11.3 Å². The molecule has 2 atom stereocenters. The Morgan fingerprint density at radius 1 is 1.37 bits per heavy atom. The van der Waals surface area contributed by atoms with Crippen LogP contribution in [-0.2, 0) is 24.1 Å². The summed E-state index contributed by atoms with van der Waals surface area (Å²) < 4.78 is 0. The number of hydrogen-bond donors (Lipinski definition) is 1. The van der Waals surface area contributed by atoms with Crippen molar-refractivity contribution < 1.29 is 4.79 Å². The molecule has 0 saturated heterocycles. The maximum atomic E-state index is 12.8. The Morgan fingerprint density at radius 3 is 2.96 bits per heavy atom. The van der Waals surface area contributed by atoms with Crippen LogP contribution < -0.4 is 10.2 Å². The average molecular weight is 380 g/mol. The molecule has 0 fully saturated rings. The molecule has 2 heterocycles. The fraction of sp³-hybridized carbons (Fsp3) is 0.455. The van der Waals surface area contributed by atoms with Crippen molar-refractivity contribution in [1.29, 1.82) is 5.26 Å². The first-order valence-corrected chi connectivity index (χ1v) is 10.6. The number of hydrogen-bond acceptors (Lipinski definition) is 4. The number of carbonyl (C=O) groups excluding carboxylic acids is 1. The third-order valence-electron chi connectivity index (χ3n) is 5.97. The topological polar surface area (TPSA) is 56.1 Å². The van der Waals surface area contributed by atoms with Gasteiger partial charge in [-0.1, -0.05) is 31.5 Å². The maximum Gasteiger partial charge on any atom is 0.244 e. The molecule has 1 aliphatic heterocycles. The highest BCUT2D eigenvalue weighted by atomic mass is 32.1. The molecule has 1 aliphatic carbocycles. The van der Waals surface area contributed by atoms with Crippen LogP contribution in [0.15, 0.2) is 24.3 Å². The minimum Gasteiger partial charge on any atom is -0.359 e. The normalized spacial score (nSPS) is 20.7. The highest BCUT2D eigenvalue weighted by Gasteiger charge is 2.29. The number of para-hydroxylation sites is 1. The average Bonchev–Trinajstić information content (AvgIpc) is 3.17. The summed E-state index contributed by atoms with van der Waals surface area (Å²) >= 11 is 1.61. The number of carbonyl (C=O) groups is 1. The zero-order valence-corrected chi connectivity index (χ0v) is 16.7. The zero-order valence-electron chi connectivity index (χ0n) is 15.9. The first-order chi connectivity index (χ1) is 13.1. The van der Waals surface area contributed by atoms with E-state index in [0.29, 0.717) is 24.1 Å². The minimum absolute atomic E-state index is 0.0410. The molecule has 0 bridgehead atoms. The van der Waals surface area contributed by atoms with Crippen molar-refractivity contribution in [1.82, 2.24) is 0 Å². The monoisotopic (exact) mass is 379 g/mol. The summed E-state index contributed by atoms with van der Waals surface area (Å²) in [5, 5.41) is 13.4. The third-order valence-corrected chi connectivity index (χ3v) is 7.14. The second kappa shape index (κ2) is 7.36. The molecule has 1 N–H and O–H groups in total. The quantitative estimate of drug-likeness (QED) is 0.849. The second-order valence-electron chi connectivity index (χ2n) is 7.69. The van der Waals surface area contributed by atoms with Crippen LogP contribution in [0.2, 0.25) is 0 Å². The molecule has 1 aromatic carbocycles. The number of rotatable bonds is 4. The Labute approximate surface area is 164 Å². The van der Waals surface area contributed by atoms with Gasteiger partial charge in [-0.05, 0) is 55.7 Å². The lowest BCUT2D eigenvalue weighted by molar-refractivity contribution is -0.115. The smallest absolute Gasteiger partial charge is 0.244 e. The van der Waals surface area contributed by atoms with Crippen LogP contribution in [0, 0.1) is 17.2 Å². The molecule has 140 valence electrons. The number of nitriles is 1. The number of benzene rings is 1. The van der Waals surface area contributed by atoms with E-state index in [0.717, 1.165) is 36.4 Å². The van der Waals surface area contributed by atoms with Gasteiger partial charge in [-0.15, -0.1) is 11.3 Å². The van der Waals surface area contributed by atoms with Gasteiger partial charge in [-0.3, -0.25) is 4.79 Å². The Bertz CT molecular complexity index is 911. The molecule has 1 aromatic heterocycles. The van der Waals surface area contributed by atoms with Crippen LogP contribution in [0.3, 0.4) is 0 Å². The summed E-state index contributed by atoms with van der Waals surface area (Å²) in [4.78, 5) is 16.2. The molecule has 2 aromatic rings. The fourth-order valence-electron chi connectivity index (χ4n) is 4.40. The molecular formula is C22H25N3OS. The maximum absolute atomic E-state index is 12.8. The molecule has 0 saturated carbocycles. The molecule has 5 heteroatoms. The molecule has 27 heavy (non-hydrogen) atoms. The van der Waals surface area contributed by atoms with Crippen molar-refractivity contribution in [3.63, 3.8) is 0 Å². The van der Waals surface area contributed by atoms with E-state index in [2.05, 4.69) is 42.3 Å². The van der Waals surface area contributed by atoms with Crippen LogP contribution in [-0.4, -0.2) is 18.5 Å². The van der Waals surface area contributed by atoms with E-state index in [-0.39, 0.29) is 5.91 Å². The van der Waals surface area contributed by atoms with Crippen molar-refractivity contribution in [2.45, 2.75) is 52.0 Å².